The van der Waals surface area contributed by atoms with E-state index in [1.165, 1.54) is 6.07 Å². The summed E-state index contributed by atoms with van der Waals surface area (Å²) in [7, 11) is 0. The Morgan fingerprint density at radius 1 is 1.11 bits per heavy atom. The molecule has 0 saturated heterocycles. The predicted octanol–water partition coefficient (Wildman–Crippen LogP) is 6.73. The third kappa shape index (κ3) is 5.09. The van der Waals surface area contributed by atoms with Gasteiger partial charge in [0, 0.05) is 10.6 Å². The van der Waals surface area contributed by atoms with Crippen molar-refractivity contribution in [1.29, 1.82) is 5.26 Å². The fraction of sp³-hybridized carbons (Fsp3) is 0.0455. The molecule has 27 heavy (non-hydrogen) atoms. The van der Waals surface area contributed by atoms with Crippen LogP contribution in [0.4, 0.5) is 4.39 Å². The summed E-state index contributed by atoms with van der Waals surface area (Å²) in [6.07, 6.45) is 1.67. The van der Waals surface area contributed by atoms with Gasteiger partial charge >= 0.3 is 0 Å². The molecule has 0 bridgehead atoms. The van der Waals surface area contributed by atoms with Crippen LogP contribution in [-0.4, -0.2) is 0 Å². The molecule has 3 rings (SSSR count). The fourth-order valence-electron chi connectivity index (χ4n) is 2.48. The molecule has 0 heterocycles. The van der Waals surface area contributed by atoms with Crippen LogP contribution in [0, 0.1) is 20.7 Å². The van der Waals surface area contributed by atoms with Gasteiger partial charge in [-0.1, -0.05) is 48.0 Å². The number of halogens is 3. The largest absolute Gasteiger partial charge is 0.488 e. The first-order valence-corrected chi connectivity index (χ1v) is 9.56. The van der Waals surface area contributed by atoms with E-state index in [2.05, 4.69) is 28.7 Å². The zero-order chi connectivity index (χ0) is 19.2. The molecular formula is C22H14ClFINO. The molecule has 3 aromatic rings. The molecule has 0 aromatic heterocycles. The van der Waals surface area contributed by atoms with Crippen LogP contribution in [0.2, 0.25) is 5.02 Å². The average Bonchev–Trinajstić information content (AvgIpc) is 2.67. The summed E-state index contributed by atoms with van der Waals surface area (Å²) >= 11 is 8.07. The maximum Gasteiger partial charge on any atom is 0.133 e. The molecule has 5 heteroatoms. The van der Waals surface area contributed by atoms with E-state index < -0.39 is 5.82 Å². The van der Waals surface area contributed by atoms with Crippen molar-refractivity contribution >= 4 is 45.8 Å². The van der Waals surface area contributed by atoms with Crippen LogP contribution in [0.3, 0.4) is 0 Å². The second-order valence-electron chi connectivity index (χ2n) is 5.75. The van der Waals surface area contributed by atoms with Gasteiger partial charge in [0.15, 0.2) is 0 Å². The molecule has 0 atom stereocenters. The molecule has 2 nitrogen and oxygen atoms in total. The van der Waals surface area contributed by atoms with Gasteiger partial charge in [-0.05, 0) is 70.1 Å². The molecule has 0 N–H and O–H groups in total. The number of rotatable bonds is 5. The topological polar surface area (TPSA) is 33.0 Å². The highest BCUT2D eigenvalue weighted by Crippen LogP contribution is 2.26. The predicted molar refractivity (Wildman–Crippen MR) is 115 cm³/mol. The lowest BCUT2D eigenvalue weighted by atomic mass is 10.0. The number of nitriles is 1. The highest BCUT2D eigenvalue weighted by molar-refractivity contribution is 14.1. The van der Waals surface area contributed by atoms with Gasteiger partial charge in [-0.25, -0.2) is 4.39 Å². The molecule has 0 aliphatic heterocycles. The highest BCUT2D eigenvalue weighted by Gasteiger charge is 2.08. The summed E-state index contributed by atoms with van der Waals surface area (Å²) in [5, 5.41) is 10.1. The molecule has 3 aromatic carbocycles. The first kappa shape index (κ1) is 19.4. The van der Waals surface area contributed by atoms with Crippen molar-refractivity contribution in [2.45, 2.75) is 6.61 Å². The molecule has 134 valence electrons. The molecule has 0 unspecified atom stereocenters. The van der Waals surface area contributed by atoms with Crippen molar-refractivity contribution in [3.8, 4) is 11.8 Å². The summed E-state index contributed by atoms with van der Waals surface area (Å²) in [5.41, 5.74) is 2.39. The lowest BCUT2D eigenvalue weighted by molar-refractivity contribution is 0.304. The summed E-state index contributed by atoms with van der Waals surface area (Å²) in [6.45, 7) is 0.432. The van der Waals surface area contributed by atoms with E-state index in [0.29, 0.717) is 11.6 Å². The van der Waals surface area contributed by atoms with Crippen molar-refractivity contribution in [3.63, 3.8) is 0 Å². The smallest absolute Gasteiger partial charge is 0.133 e. The maximum absolute atomic E-state index is 13.9. The van der Waals surface area contributed by atoms with Crippen LogP contribution >= 0.6 is 34.2 Å². The first-order chi connectivity index (χ1) is 13.1. The van der Waals surface area contributed by atoms with Gasteiger partial charge in [0.05, 0.1) is 15.2 Å². The lowest BCUT2D eigenvalue weighted by Gasteiger charge is -2.09. The van der Waals surface area contributed by atoms with E-state index in [0.717, 1.165) is 20.4 Å². The van der Waals surface area contributed by atoms with E-state index >= 15 is 0 Å². The van der Waals surface area contributed by atoms with Gasteiger partial charge in [-0.15, -0.1) is 0 Å². The zero-order valence-electron chi connectivity index (χ0n) is 14.1. The molecule has 0 saturated carbocycles. The summed E-state index contributed by atoms with van der Waals surface area (Å²) in [5.74, 6) is 0.329. The lowest BCUT2D eigenvalue weighted by Crippen LogP contribution is -1.97. The quantitative estimate of drug-likeness (QED) is 0.226. The van der Waals surface area contributed by atoms with E-state index in [1.54, 1.807) is 24.3 Å². The Kier molecular flexibility index (Phi) is 6.49. The molecule has 0 fully saturated rings. The Morgan fingerprint density at radius 2 is 1.85 bits per heavy atom. The van der Waals surface area contributed by atoms with Gasteiger partial charge in [-0.3, -0.25) is 0 Å². The standard InChI is InChI=1S/C22H14ClFINO/c23-18-8-5-15(6-9-18)14-27-22-10-7-16(12-21(22)25)11-17(13-26)19-3-1-2-4-20(19)24/h1-12H,14H2/b17-11-. The Bertz CT molecular complexity index is 1030. The van der Waals surface area contributed by atoms with Gasteiger partial charge in [0.2, 0.25) is 0 Å². The zero-order valence-corrected chi connectivity index (χ0v) is 17.0. The molecule has 0 spiro atoms. The average molecular weight is 490 g/mol. The van der Waals surface area contributed by atoms with E-state index in [1.807, 2.05) is 42.5 Å². The number of benzene rings is 3. The Labute approximate surface area is 176 Å². The minimum Gasteiger partial charge on any atom is -0.488 e. The Balaban J connectivity index is 1.78. The summed E-state index contributed by atoms with van der Waals surface area (Å²) < 4.78 is 20.7. The van der Waals surface area contributed by atoms with Crippen LogP contribution in [0.5, 0.6) is 5.75 Å². The van der Waals surface area contributed by atoms with Crippen LogP contribution in [-0.2, 0) is 6.61 Å². The monoisotopic (exact) mass is 489 g/mol. The third-order valence-corrected chi connectivity index (χ3v) is 4.95. The second-order valence-corrected chi connectivity index (χ2v) is 7.35. The van der Waals surface area contributed by atoms with E-state index in [4.69, 9.17) is 16.3 Å². The Morgan fingerprint density at radius 3 is 2.52 bits per heavy atom. The van der Waals surface area contributed by atoms with Gasteiger partial charge in [0.25, 0.3) is 0 Å². The van der Waals surface area contributed by atoms with Crippen molar-refractivity contribution in [3.05, 3.63) is 97.8 Å². The van der Waals surface area contributed by atoms with E-state index in [-0.39, 0.29) is 11.1 Å². The van der Waals surface area contributed by atoms with Crippen LogP contribution < -0.4 is 4.74 Å². The van der Waals surface area contributed by atoms with Crippen LogP contribution in [0.15, 0.2) is 66.7 Å². The van der Waals surface area contributed by atoms with E-state index in [9.17, 15) is 9.65 Å². The number of nitrogens with zero attached hydrogens (tertiary/aromatic N) is 1. The van der Waals surface area contributed by atoms with Crippen LogP contribution in [0.25, 0.3) is 11.6 Å². The second kappa shape index (κ2) is 9.03. The van der Waals surface area contributed by atoms with Crippen molar-refractivity contribution < 1.29 is 9.13 Å². The fourth-order valence-corrected chi connectivity index (χ4v) is 3.30. The van der Waals surface area contributed by atoms with Crippen molar-refractivity contribution in [1.82, 2.24) is 0 Å². The van der Waals surface area contributed by atoms with Gasteiger partial charge in [-0.2, -0.15) is 5.26 Å². The van der Waals surface area contributed by atoms with Crippen molar-refractivity contribution in [2.24, 2.45) is 0 Å². The SMILES string of the molecule is N#C/C(=C/c1ccc(OCc2ccc(Cl)cc2)c(I)c1)c1ccccc1F. The molecule has 0 aliphatic rings. The number of hydrogen-bond donors (Lipinski definition) is 0. The summed E-state index contributed by atoms with van der Waals surface area (Å²) in [4.78, 5) is 0. The molecular weight excluding hydrogens is 476 g/mol. The van der Waals surface area contributed by atoms with Gasteiger partial charge in [0.1, 0.15) is 18.2 Å². The third-order valence-electron chi connectivity index (χ3n) is 3.86. The van der Waals surface area contributed by atoms with Gasteiger partial charge < -0.3 is 4.74 Å². The number of ether oxygens (including phenoxy) is 1. The van der Waals surface area contributed by atoms with Crippen LogP contribution in [0.1, 0.15) is 16.7 Å². The minimum atomic E-state index is -0.414. The number of allylic oxidation sites excluding steroid dienone is 1. The minimum absolute atomic E-state index is 0.277. The molecule has 0 aliphatic carbocycles. The number of hydrogen-bond acceptors (Lipinski definition) is 2. The summed E-state index contributed by atoms with van der Waals surface area (Å²) in [6, 6.07) is 21.4. The normalized spacial score (nSPS) is 11.1. The van der Waals surface area contributed by atoms with Crippen molar-refractivity contribution in [2.75, 3.05) is 0 Å². The molecule has 0 radical (unpaired) electrons. The molecule has 0 amide bonds. The highest BCUT2D eigenvalue weighted by atomic mass is 127. The Hall–Kier alpha value is -2.36. The maximum atomic E-state index is 13.9. The first-order valence-electron chi connectivity index (χ1n) is 8.10.